The van der Waals surface area contributed by atoms with Gasteiger partial charge in [0.1, 0.15) is 41.8 Å². The van der Waals surface area contributed by atoms with Gasteiger partial charge in [0.25, 0.3) is 0 Å². The summed E-state index contributed by atoms with van der Waals surface area (Å²) < 4.78 is 22.9. The third kappa shape index (κ3) is 11.1. The number of carbonyl (C=O) groups excluding carboxylic acids is 3. The number of aryl methyl sites for hydroxylation is 2. The Morgan fingerprint density at radius 3 is 2.42 bits per heavy atom. The maximum Gasteiger partial charge on any atom is 0.319 e. The van der Waals surface area contributed by atoms with E-state index in [1.165, 1.54) is 5.56 Å². The van der Waals surface area contributed by atoms with E-state index in [0.29, 0.717) is 61.9 Å². The number of aromatic amines is 1. The lowest BCUT2D eigenvalue weighted by Gasteiger charge is -2.30. The number of hydrogen-bond donors (Lipinski definition) is 4. The number of hydrogen-bond acceptors (Lipinski definition) is 14. The first kappa shape index (κ1) is 55.2. The van der Waals surface area contributed by atoms with Gasteiger partial charge in [0.15, 0.2) is 12.0 Å². The van der Waals surface area contributed by atoms with Gasteiger partial charge in [0.2, 0.25) is 11.8 Å². The molecule has 2 amide bonds. The van der Waals surface area contributed by atoms with Crippen LogP contribution in [0.15, 0.2) is 85.3 Å². The lowest BCUT2D eigenvalue weighted by molar-refractivity contribution is -0.142. The van der Waals surface area contributed by atoms with E-state index in [0.717, 1.165) is 118 Å². The van der Waals surface area contributed by atoms with Crippen molar-refractivity contribution in [2.45, 2.75) is 110 Å². The third-order valence-electron chi connectivity index (χ3n) is 15.5. The number of fused-ring (bicyclic) bond motifs is 2. The Balaban J connectivity index is 0.00000356. The molecule has 2 unspecified atom stereocenters. The van der Waals surface area contributed by atoms with Crippen molar-refractivity contribution in [3.8, 4) is 45.3 Å². The standard InChI is InChI=1S/C60H68N12O6.CH4O/c1-8-71-50(21-24-64-71)40-15-12-37(13-16-40)30-62-58(74)51-10-9-25-70(51)59(75)55(35(2)3)72-32-46(49(33-73)68-72)42-19-14-38(28-48(42)61-5)34-77-56-53(52-36(4)11-20-47-45(52)31-63-67-47)43(39-17-18-39)29-44-54(56)65-60(66-57(44)69(6)7)78-41-22-26-76-27-23-41;1-2/h11-16,19-21,24,28-29,31-33,35,39,41,51,55,61H,8-10,17-18,22-23,25-27,30,34H2,1-7H3,(H,62,74)(H,63,67);2H,1H3. The predicted molar refractivity (Wildman–Crippen MR) is 309 cm³/mol. The fourth-order valence-electron chi connectivity index (χ4n) is 11.4. The van der Waals surface area contributed by atoms with Crippen molar-refractivity contribution in [3.05, 3.63) is 113 Å². The molecule has 3 fully saturated rings. The summed E-state index contributed by atoms with van der Waals surface area (Å²) in [7, 11) is 6.81. The second-order valence-corrected chi connectivity index (χ2v) is 21.4. The van der Waals surface area contributed by atoms with Gasteiger partial charge in [-0.2, -0.15) is 25.3 Å². The summed E-state index contributed by atoms with van der Waals surface area (Å²) in [6.45, 7) is 11.1. The number of likely N-dealkylation sites (tertiary alicyclic amines) is 1. The van der Waals surface area contributed by atoms with E-state index >= 15 is 0 Å². The summed E-state index contributed by atoms with van der Waals surface area (Å²) in [6.07, 6.45) is 11.0. The molecule has 1 saturated carbocycles. The number of aliphatic hydroxyl groups excluding tert-OH is 1. The first-order valence-corrected chi connectivity index (χ1v) is 27.8. The molecule has 2 atom stereocenters. The van der Waals surface area contributed by atoms with Crippen LogP contribution in [0.25, 0.3) is 55.3 Å². The van der Waals surface area contributed by atoms with Gasteiger partial charge in [0.05, 0.1) is 30.6 Å². The van der Waals surface area contributed by atoms with E-state index in [-0.39, 0.29) is 42.1 Å². The maximum absolute atomic E-state index is 14.7. The number of aliphatic hydroxyl groups is 1. The summed E-state index contributed by atoms with van der Waals surface area (Å²) in [5, 5.41) is 32.1. The van der Waals surface area contributed by atoms with Gasteiger partial charge in [-0.1, -0.05) is 56.3 Å². The van der Waals surface area contributed by atoms with Gasteiger partial charge in [-0.15, -0.1) is 0 Å². The number of aldehydes is 1. The second kappa shape index (κ2) is 24.1. The number of nitrogens with one attached hydrogen (secondary N) is 3. The monoisotopic (exact) mass is 1080 g/mol. The molecule has 11 rings (SSSR count). The largest absolute Gasteiger partial charge is 0.486 e. The highest BCUT2D eigenvalue weighted by atomic mass is 16.5. The minimum absolute atomic E-state index is 0.0787. The first-order valence-electron chi connectivity index (χ1n) is 27.8. The fraction of sp³-hybridized carbons (Fsp3) is 0.410. The number of H-pyrrole nitrogens is 1. The number of carbonyl (C=O) groups is 3. The Hall–Kier alpha value is -8.16. The molecule has 8 aromatic rings. The van der Waals surface area contributed by atoms with Crippen LogP contribution in [-0.2, 0) is 34.0 Å². The molecule has 0 radical (unpaired) electrons. The van der Waals surface area contributed by atoms with E-state index in [2.05, 4.69) is 58.0 Å². The fourth-order valence-corrected chi connectivity index (χ4v) is 11.4. The zero-order valence-corrected chi connectivity index (χ0v) is 47.0. The lowest BCUT2D eigenvalue weighted by Crippen LogP contribution is -2.48. The molecule has 0 bridgehead atoms. The van der Waals surface area contributed by atoms with Gasteiger partial charge in [-0.3, -0.25) is 28.8 Å². The number of rotatable bonds is 19. The summed E-state index contributed by atoms with van der Waals surface area (Å²) >= 11 is 0. The number of nitrogens with zero attached hydrogens (tertiary/aromatic N) is 9. The second-order valence-electron chi connectivity index (χ2n) is 21.4. The summed E-state index contributed by atoms with van der Waals surface area (Å²) in [5.74, 6) is 1.08. The van der Waals surface area contributed by atoms with Gasteiger partial charge in [-0.05, 0) is 109 Å². The highest BCUT2D eigenvalue weighted by molar-refractivity contribution is 6.06. The molecular weight excluding hydrogens is 1010 g/mol. The highest BCUT2D eigenvalue weighted by Crippen LogP contribution is 2.53. The Labute approximate surface area is 466 Å². The van der Waals surface area contributed by atoms with Crippen LogP contribution in [0.4, 0.5) is 11.5 Å². The third-order valence-corrected chi connectivity index (χ3v) is 15.5. The predicted octanol–water partition coefficient (Wildman–Crippen LogP) is 9.28. The number of benzene rings is 4. The van der Waals surface area contributed by atoms with E-state index in [9.17, 15) is 14.4 Å². The Kier molecular flexibility index (Phi) is 16.6. The molecule has 2 saturated heterocycles. The number of anilines is 2. The molecule has 6 heterocycles. The van der Waals surface area contributed by atoms with Crippen LogP contribution in [0.3, 0.4) is 0 Å². The molecule has 1 aliphatic carbocycles. The van der Waals surface area contributed by atoms with Crippen molar-refractivity contribution in [1.29, 1.82) is 0 Å². The van der Waals surface area contributed by atoms with E-state index in [1.807, 2.05) is 99.3 Å². The summed E-state index contributed by atoms with van der Waals surface area (Å²) in [6, 6.07) is 21.4. The zero-order chi connectivity index (χ0) is 56.2. The summed E-state index contributed by atoms with van der Waals surface area (Å²) in [4.78, 5) is 55.4. The highest BCUT2D eigenvalue weighted by Gasteiger charge is 2.40. The molecule has 418 valence electrons. The van der Waals surface area contributed by atoms with Crippen molar-refractivity contribution in [2.75, 3.05) is 58.2 Å². The van der Waals surface area contributed by atoms with Crippen LogP contribution in [-0.4, -0.2) is 128 Å². The minimum atomic E-state index is -0.771. The maximum atomic E-state index is 14.7. The van der Waals surface area contributed by atoms with E-state index in [1.54, 1.807) is 22.0 Å². The smallest absolute Gasteiger partial charge is 0.319 e. The SMILES string of the molecule is CCn1nccc1-c1ccc(CNC(=O)C2CCCN2C(=O)C(C(C)C)n2cc(-c3ccc(COc4c(-c5c(C)ccc6[nH]ncc56)c(C5CC5)cc5c(N(C)C)nc(OC6CCOCC6)nc45)cc3NC)c(C=O)n2)cc1.CO. The molecule has 19 nitrogen and oxygen atoms in total. The van der Waals surface area contributed by atoms with Gasteiger partial charge < -0.3 is 39.8 Å². The molecule has 4 aromatic heterocycles. The van der Waals surface area contributed by atoms with Gasteiger partial charge in [-0.25, -0.2) is 0 Å². The van der Waals surface area contributed by atoms with Crippen molar-refractivity contribution in [2.24, 2.45) is 5.92 Å². The molecule has 3 aliphatic rings. The molecule has 2 aliphatic heterocycles. The van der Waals surface area contributed by atoms with Crippen LogP contribution in [0, 0.1) is 12.8 Å². The molecule has 0 spiro atoms. The van der Waals surface area contributed by atoms with Crippen molar-refractivity contribution in [3.63, 3.8) is 0 Å². The first-order chi connectivity index (χ1) is 38.9. The van der Waals surface area contributed by atoms with Gasteiger partial charge >= 0.3 is 6.01 Å². The zero-order valence-electron chi connectivity index (χ0n) is 47.0. The Morgan fingerprint density at radius 2 is 1.71 bits per heavy atom. The van der Waals surface area contributed by atoms with Crippen molar-refractivity contribution in [1.82, 2.24) is 49.9 Å². The average Bonchev–Trinajstić information content (AvgIpc) is 4.05. The van der Waals surface area contributed by atoms with Crippen molar-refractivity contribution >= 4 is 51.4 Å². The number of aromatic nitrogens is 8. The van der Waals surface area contributed by atoms with Crippen LogP contribution < -0.4 is 25.0 Å². The van der Waals surface area contributed by atoms with Gasteiger partial charge in [0, 0.05) is 106 Å². The van der Waals surface area contributed by atoms with E-state index < -0.39 is 12.1 Å². The molecule has 4 aromatic carbocycles. The average molecular weight is 1090 g/mol. The van der Waals surface area contributed by atoms with Crippen molar-refractivity contribution < 1.29 is 33.7 Å². The number of ether oxygens (including phenoxy) is 3. The normalized spacial score (nSPS) is 15.9. The Morgan fingerprint density at radius 1 is 0.938 bits per heavy atom. The van der Waals surface area contributed by atoms with Crippen LogP contribution in [0.2, 0.25) is 0 Å². The van der Waals surface area contributed by atoms with E-state index in [4.69, 9.17) is 34.4 Å². The molecule has 4 N–H and O–H groups in total. The Bertz CT molecular complexity index is 3520. The minimum Gasteiger partial charge on any atom is -0.486 e. The molecule has 19 heteroatoms. The summed E-state index contributed by atoms with van der Waals surface area (Å²) in [5.41, 5.74) is 12.0. The van der Waals surface area contributed by atoms with Crippen LogP contribution in [0.5, 0.6) is 11.8 Å². The van der Waals surface area contributed by atoms with Crippen LogP contribution >= 0.6 is 0 Å². The molecular formula is C61H72N12O7. The lowest BCUT2D eigenvalue weighted by atomic mass is 9.89. The number of amides is 2. The quantitative estimate of drug-likeness (QED) is 0.0555. The molecule has 80 heavy (non-hydrogen) atoms. The van der Waals surface area contributed by atoms with Crippen LogP contribution in [0.1, 0.15) is 104 Å². The topological polar surface area (TPSA) is 220 Å².